The van der Waals surface area contributed by atoms with Gasteiger partial charge in [-0.3, -0.25) is 4.79 Å². The summed E-state index contributed by atoms with van der Waals surface area (Å²) in [7, 11) is 0. The van der Waals surface area contributed by atoms with Gasteiger partial charge in [-0.1, -0.05) is 12.2 Å². The summed E-state index contributed by atoms with van der Waals surface area (Å²) >= 11 is 0. The van der Waals surface area contributed by atoms with Crippen molar-refractivity contribution in [2.24, 2.45) is 5.73 Å². The molecule has 2 N–H and O–H groups in total. The number of benzene rings is 2. The van der Waals surface area contributed by atoms with Gasteiger partial charge in [0.2, 0.25) is 0 Å². The van der Waals surface area contributed by atoms with Crippen molar-refractivity contribution in [1.29, 1.82) is 0 Å². The second kappa shape index (κ2) is 8.39. The van der Waals surface area contributed by atoms with Crippen LogP contribution in [0.5, 0.6) is 11.5 Å². The van der Waals surface area contributed by atoms with Crippen molar-refractivity contribution in [2.75, 3.05) is 49.1 Å². The fourth-order valence-electron chi connectivity index (χ4n) is 9.34. The minimum absolute atomic E-state index is 0.171. The molecule has 0 fully saturated rings. The number of nitrogens with two attached hydrogens (primary N) is 1. The highest BCUT2D eigenvalue weighted by atomic mass is 16.5. The van der Waals surface area contributed by atoms with E-state index in [4.69, 9.17) is 10.5 Å². The van der Waals surface area contributed by atoms with Crippen molar-refractivity contribution in [1.82, 2.24) is 4.90 Å². The lowest BCUT2D eigenvalue weighted by atomic mass is 9.69. The molecule has 6 nitrogen and oxygen atoms in total. The topological polar surface area (TPSA) is 62.0 Å². The number of anilines is 2. The second-order valence-electron chi connectivity index (χ2n) is 12.8. The van der Waals surface area contributed by atoms with Crippen molar-refractivity contribution in [3.05, 3.63) is 68.8 Å². The molecule has 1 amide bonds. The number of hydrogen-bond donors (Lipinski definition) is 1. The number of carbonyl (C=O) groups is 1. The zero-order chi connectivity index (χ0) is 26.6. The van der Waals surface area contributed by atoms with E-state index >= 15 is 0 Å². The third-order valence-corrected chi connectivity index (χ3v) is 10.7. The van der Waals surface area contributed by atoms with Gasteiger partial charge in [0.05, 0.1) is 0 Å². The number of amides is 1. The maximum absolute atomic E-state index is 14.4. The zero-order valence-corrected chi connectivity index (χ0v) is 23.4. The van der Waals surface area contributed by atoms with Crippen LogP contribution in [0.1, 0.15) is 71.9 Å². The average molecular weight is 535 g/mol. The van der Waals surface area contributed by atoms with Gasteiger partial charge in [0, 0.05) is 78.5 Å². The monoisotopic (exact) mass is 534 g/mol. The SMILES string of the molecule is NCCN1C(=O)C2=C(C=CCC2)C12c1cc3c4c(c1Oc1c2cc2c5c1CCCN5CCC2)CCCN4CCC3. The molecular formula is C34H38N4O2. The maximum atomic E-state index is 14.4. The van der Waals surface area contributed by atoms with Crippen LogP contribution < -0.4 is 20.3 Å². The summed E-state index contributed by atoms with van der Waals surface area (Å²) in [5.74, 6) is 2.23. The molecule has 0 atom stereocenters. The fourth-order valence-corrected chi connectivity index (χ4v) is 9.34. The Morgan fingerprint density at radius 2 is 1.38 bits per heavy atom. The van der Waals surface area contributed by atoms with Gasteiger partial charge < -0.3 is 25.2 Å². The summed E-state index contributed by atoms with van der Waals surface area (Å²) in [4.78, 5) is 21.7. The predicted molar refractivity (Wildman–Crippen MR) is 158 cm³/mol. The van der Waals surface area contributed by atoms with Gasteiger partial charge in [0.25, 0.3) is 5.91 Å². The summed E-state index contributed by atoms with van der Waals surface area (Å²) < 4.78 is 7.28. The first-order chi connectivity index (χ1) is 19.7. The smallest absolute Gasteiger partial charge is 0.251 e. The Bertz CT molecular complexity index is 1470. The molecule has 1 aliphatic carbocycles. The number of hydrogen-bond acceptors (Lipinski definition) is 5. The summed E-state index contributed by atoms with van der Waals surface area (Å²) in [5, 5.41) is 0. The first-order valence-electron chi connectivity index (χ1n) is 15.7. The number of nitrogens with zero attached hydrogens (tertiary/aromatic N) is 3. The second-order valence-corrected chi connectivity index (χ2v) is 12.8. The molecule has 7 aliphatic rings. The Hall–Kier alpha value is -3.25. The molecule has 0 radical (unpaired) electrons. The molecular weight excluding hydrogens is 496 g/mol. The van der Waals surface area contributed by atoms with E-state index < -0.39 is 5.54 Å². The van der Waals surface area contributed by atoms with Crippen molar-refractivity contribution in [3.63, 3.8) is 0 Å². The normalized spacial score (nSPS) is 23.0. The minimum Gasteiger partial charge on any atom is -0.456 e. The average Bonchev–Trinajstić information content (AvgIpc) is 3.23. The Balaban J connectivity index is 1.42. The Kier molecular flexibility index (Phi) is 4.92. The predicted octanol–water partition coefficient (Wildman–Crippen LogP) is 4.88. The number of allylic oxidation sites excluding steroid dienone is 1. The number of fused-ring (bicyclic) bond motifs is 7. The molecule has 9 rings (SSSR count). The molecule has 0 aromatic heterocycles. The molecule has 1 spiro atoms. The van der Waals surface area contributed by atoms with Crippen LogP contribution in [0.2, 0.25) is 0 Å². The van der Waals surface area contributed by atoms with Gasteiger partial charge in [-0.25, -0.2) is 0 Å². The molecule has 0 saturated carbocycles. The number of aryl methyl sites for hydroxylation is 2. The van der Waals surface area contributed by atoms with Crippen molar-refractivity contribution in [3.8, 4) is 11.5 Å². The quantitative estimate of drug-likeness (QED) is 0.595. The van der Waals surface area contributed by atoms with E-state index in [0.29, 0.717) is 13.1 Å². The zero-order valence-electron chi connectivity index (χ0n) is 23.4. The Morgan fingerprint density at radius 1 is 0.800 bits per heavy atom. The molecule has 6 heterocycles. The third-order valence-electron chi connectivity index (χ3n) is 10.7. The van der Waals surface area contributed by atoms with Crippen LogP contribution in [-0.2, 0) is 36.0 Å². The summed E-state index contributed by atoms with van der Waals surface area (Å²) in [6.45, 7) is 5.50. The van der Waals surface area contributed by atoms with Crippen LogP contribution in [0.25, 0.3) is 0 Å². The largest absolute Gasteiger partial charge is 0.456 e. The van der Waals surface area contributed by atoms with Crippen LogP contribution in [0.4, 0.5) is 11.4 Å². The number of carbonyl (C=O) groups excluding carboxylic acids is 1. The van der Waals surface area contributed by atoms with Crippen LogP contribution in [0.15, 0.2) is 35.4 Å². The summed E-state index contributed by atoms with van der Waals surface area (Å²) in [6.07, 6.45) is 15.2. The van der Waals surface area contributed by atoms with Gasteiger partial charge >= 0.3 is 0 Å². The highest BCUT2D eigenvalue weighted by Crippen LogP contribution is 2.63. The lowest BCUT2D eigenvalue weighted by Gasteiger charge is -2.49. The van der Waals surface area contributed by atoms with E-state index in [1.165, 1.54) is 63.2 Å². The van der Waals surface area contributed by atoms with Crippen molar-refractivity contribution in [2.45, 2.75) is 69.7 Å². The summed E-state index contributed by atoms with van der Waals surface area (Å²) in [6, 6.07) is 4.89. The molecule has 2 aromatic carbocycles. The van der Waals surface area contributed by atoms with Gasteiger partial charge in [0.1, 0.15) is 17.0 Å². The fraction of sp³-hybridized carbons (Fsp3) is 0.500. The Morgan fingerprint density at radius 3 is 1.95 bits per heavy atom. The minimum atomic E-state index is -0.678. The van der Waals surface area contributed by atoms with Crippen LogP contribution in [0.3, 0.4) is 0 Å². The first-order valence-corrected chi connectivity index (χ1v) is 15.7. The van der Waals surface area contributed by atoms with Crippen LogP contribution in [-0.4, -0.2) is 50.1 Å². The molecule has 2 aromatic rings. The lowest BCUT2D eigenvalue weighted by Crippen LogP contribution is -2.51. The van der Waals surface area contributed by atoms with E-state index in [2.05, 4.69) is 39.0 Å². The van der Waals surface area contributed by atoms with E-state index in [-0.39, 0.29) is 5.91 Å². The van der Waals surface area contributed by atoms with E-state index in [0.717, 1.165) is 94.6 Å². The molecule has 0 saturated heterocycles. The van der Waals surface area contributed by atoms with Crippen LogP contribution >= 0.6 is 0 Å². The van der Waals surface area contributed by atoms with Crippen molar-refractivity contribution >= 4 is 17.3 Å². The highest BCUT2D eigenvalue weighted by Gasteiger charge is 2.58. The molecule has 206 valence electrons. The van der Waals surface area contributed by atoms with Gasteiger partial charge in [-0.15, -0.1) is 0 Å². The van der Waals surface area contributed by atoms with Gasteiger partial charge in [-0.05, 0) is 93.0 Å². The molecule has 0 unspecified atom stereocenters. The first kappa shape index (κ1) is 23.5. The van der Waals surface area contributed by atoms with Crippen LogP contribution in [0, 0.1) is 0 Å². The lowest BCUT2D eigenvalue weighted by molar-refractivity contribution is -0.129. The van der Waals surface area contributed by atoms with E-state index in [1.54, 1.807) is 0 Å². The number of rotatable bonds is 2. The van der Waals surface area contributed by atoms with Crippen molar-refractivity contribution < 1.29 is 9.53 Å². The number of ether oxygens (including phenoxy) is 1. The van der Waals surface area contributed by atoms with E-state index in [9.17, 15) is 4.79 Å². The maximum Gasteiger partial charge on any atom is 0.251 e. The third kappa shape index (κ3) is 2.81. The highest BCUT2D eigenvalue weighted by molar-refractivity contribution is 6.02. The van der Waals surface area contributed by atoms with Gasteiger partial charge in [0.15, 0.2) is 0 Å². The van der Waals surface area contributed by atoms with Gasteiger partial charge in [-0.2, -0.15) is 0 Å². The molecule has 6 heteroatoms. The molecule has 40 heavy (non-hydrogen) atoms. The standard InChI is InChI=1S/C34H38N4O2/c35-13-18-38-33(39)23-9-1-2-12-26(23)34(38)27-19-21-7-3-14-36-16-5-10-24(29(21)36)31(27)40-32-25-11-6-17-37-15-4-8-22(30(25)37)20-28(32)34/h2,12,19-20H,1,3-11,13-18,35H2. The Labute approximate surface area is 236 Å². The molecule has 6 aliphatic heterocycles. The van der Waals surface area contributed by atoms with E-state index in [1.807, 2.05) is 0 Å². The summed E-state index contributed by atoms with van der Waals surface area (Å²) in [5.41, 5.74) is 18.6. The molecule has 0 bridgehead atoms.